The Bertz CT molecular complexity index is 2260. The predicted molar refractivity (Wildman–Crippen MR) is 201 cm³/mol. The second-order valence-electron chi connectivity index (χ2n) is 12.3. The number of nitrogens with zero attached hydrogens (tertiary/aromatic N) is 4. The van der Waals surface area contributed by atoms with Crippen LogP contribution in [-0.4, -0.2) is 51.7 Å². The van der Waals surface area contributed by atoms with Crippen LogP contribution >= 0.6 is 23.2 Å². The summed E-state index contributed by atoms with van der Waals surface area (Å²) in [7, 11) is 3.42. The van der Waals surface area contributed by atoms with E-state index < -0.39 is 0 Å². The van der Waals surface area contributed by atoms with Crippen molar-refractivity contribution in [3.8, 4) is 39.5 Å². The molecule has 3 heterocycles. The highest BCUT2D eigenvalue weighted by atomic mass is 35.5. The first-order valence-corrected chi connectivity index (χ1v) is 17.1. The number of methoxy groups -OCH3 is 1. The van der Waals surface area contributed by atoms with Crippen LogP contribution in [0.25, 0.3) is 27.9 Å². The Hall–Kier alpha value is -4.93. The van der Waals surface area contributed by atoms with Crippen molar-refractivity contribution < 1.29 is 19.3 Å². The van der Waals surface area contributed by atoms with Crippen molar-refractivity contribution in [2.24, 2.45) is 0 Å². The average Bonchev–Trinajstić information content (AvgIpc) is 3.12. The Balaban J connectivity index is 1.24. The smallest absolute Gasteiger partial charge is 0.262 e. The third-order valence-electron chi connectivity index (χ3n) is 8.84. The number of aromatic nitrogens is 3. The molecule has 6 rings (SSSR count). The lowest BCUT2D eigenvalue weighted by Gasteiger charge is -2.18. The van der Waals surface area contributed by atoms with Gasteiger partial charge in [0, 0.05) is 55.6 Å². The zero-order valence-electron chi connectivity index (χ0n) is 28.8. The molecule has 0 radical (unpaired) electrons. The van der Waals surface area contributed by atoms with Gasteiger partial charge in [0.1, 0.15) is 24.6 Å². The molecule has 0 aliphatic rings. The maximum Gasteiger partial charge on any atom is 0.262 e. The van der Waals surface area contributed by atoms with E-state index in [4.69, 9.17) is 37.4 Å². The fourth-order valence-electron chi connectivity index (χ4n) is 6.05. The molecule has 51 heavy (non-hydrogen) atoms. The minimum atomic E-state index is -0.119. The monoisotopic (exact) mass is 724 g/mol. The summed E-state index contributed by atoms with van der Waals surface area (Å²) in [6, 6.07) is 21.5. The van der Waals surface area contributed by atoms with Gasteiger partial charge in [0.15, 0.2) is 11.5 Å². The van der Waals surface area contributed by atoms with Crippen LogP contribution in [0, 0.1) is 13.8 Å². The van der Waals surface area contributed by atoms with E-state index >= 15 is 0 Å². The van der Waals surface area contributed by atoms with Gasteiger partial charge in [0.2, 0.25) is 0 Å². The first kappa shape index (κ1) is 35.9. The highest BCUT2D eigenvalue weighted by molar-refractivity contribution is 6.32. The number of rotatable bonds is 13. The van der Waals surface area contributed by atoms with E-state index in [1.807, 2.05) is 42.3 Å². The lowest BCUT2D eigenvalue weighted by atomic mass is 9.90. The van der Waals surface area contributed by atoms with Gasteiger partial charge in [0.25, 0.3) is 5.56 Å². The number of aliphatic hydroxyl groups excluding tert-OH is 1. The molecule has 0 atom stereocenters. The quantitative estimate of drug-likeness (QED) is 0.128. The zero-order valence-corrected chi connectivity index (χ0v) is 30.3. The molecule has 0 saturated carbocycles. The molecule has 0 aliphatic carbocycles. The minimum Gasteiger partial charge on any atom is -0.493 e. The Morgan fingerprint density at radius 2 is 1.57 bits per heavy atom. The number of aliphatic hydroxyl groups is 1. The first-order valence-electron chi connectivity index (χ1n) is 16.4. The average molecular weight is 726 g/mol. The number of hydrogen-bond donors (Lipinski definition) is 1. The van der Waals surface area contributed by atoms with Gasteiger partial charge in [-0.05, 0) is 78.0 Å². The van der Waals surface area contributed by atoms with Gasteiger partial charge < -0.3 is 19.3 Å². The molecule has 11 heteroatoms. The van der Waals surface area contributed by atoms with Gasteiger partial charge in [-0.25, -0.2) is 4.98 Å². The molecule has 0 fully saturated rings. The van der Waals surface area contributed by atoms with Crippen LogP contribution in [0.15, 0.2) is 96.3 Å². The summed E-state index contributed by atoms with van der Waals surface area (Å²) in [6.45, 7) is 5.63. The van der Waals surface area contributed by atoms with E-state index in [0.29, 0.717) is 51.6 Å². The zero-order chi connectivity index (χ0) is 36.1. The number of pyridine rings is 2. The standard InChI is InChI=1S/C40H38Cl2N4O5/c1-25-29(24-51-36-18-38(37(49-4)17-35(36)42)50-23-27-15-31(41)21-43-19-27)7-5-9-33(25)34-10-6-8-32(26(34)2)28-11-12-46-39(16-28)44-20-30(40(46)48)22-45(3)13-14-47/h5-12,15-21,47H,13-14,22-24H2,1-4H3. The molecular weight excluding hydrogens is 687 g/mol. The topological polar surface area (TPSA) is 98.4 Å². The van der Waals surface area contributed by atoms with Gasteiger partial charge in [-0.15, -0.1) is 0 Å². The number of benzene rings is 3. The van der Waals surface area contributed by atoms with Crippen LogP contribution in [-0.2, 0) is 19.8 Å². The van der Waals surface area contributed by atoms with E-state index in [1.165, 1.54) is 0 Å². The molecule has 0 saturated heterocycles. The maximum absolute atomic E-state index is 13.2. The SMILES string of the molecule is COc1cc(Cl)c(OCc2cccc(-c3cccc(-c4ccn5c(=O)c(CN(C)CCO)cnc5c4)c3C)c2C)cc1OCc1cncc(Cl)c1. The lowest BCUT2D eigenvalue weighted by molar-refractivity contribution is 0.216. The van der Waals surface area contributed by atoms with Crippen LogP contribution in [0.4, 0.5) is 0 Å². The Kier molecular flexibility index (Phi) is 11.2. The molecular formula is C40H38Cl2N4O5. The molecule has 3 aromatic heterocycles. The molecule has 0 unspecified atom stereocenters. The highest BCUT2D eigenvalue weighted by Gasteiger charge is 2.16. The van der Waals surface area contributed by atoms with E-state index in [1.54, 1.807) is 54.5 Å². The maximum atomic E-state index is 13.2. The molecule has 0 bridgehead atoms. The molecule has 0 aliphatic heterocycles. The fraction of sp³-hybridized carbons (Fsp3) is 0.225. The van der Waals surface area contributed by atoms with Crippen LogP contribution in [0.2, 0.25) is 10.0 Å². The van der Waals surface area contributed by atoms with Gasteiger partial charge in [0.05, 0.1) is 29.3 Å². The summed E-state index contributed by atoms with van der Waals surface area (Å²) in [5.74, 6) is 1.43. The van der Waals surface area contributed by atoms with E-state index in [2.05, 4.69) is 42.0 Å². The number of likely N-dealkylation sites (N-methyl/N-ethyl adjacent to an activating group) is 1. The van der Waals surface area contributed by atoms with Gasteiger partial charge in [-0.2, -0.15) is 0 Å². The molecule has 0 amide bonds. The Morgan fingerprint density at radius 1 is 0.824 bits per heavy atom. The lowest BCUT2D eigenvalue weighted by Crippen LogP contribution is -2.27. The summed E-state index contributed by atoms with van der Waals surface area (Å²) < 4.78 is 19.4. The number of fused-ring (bicyclic) bond motifs is 1. The van der Waals surface area contributed by atoms with Crippen molar-refractivity contribution >= 4 is 28.8 Å². The molecule has 9 nitrogen and oxygen atoms in total. The molecule has 1 N–H and O–H groups in total. The van der Waals surface area contributed by atoms with Crippen molar-refractivity contribution in [2.45, 2.75) is 33.6 Å². The molecule has 0 spiro atoms. The van der Waals surface area contributed by atoms with Crippen LogP contribution in [0.1, 0.15) is 27.8 Å². The van der Waals surface area contributed by atoms with Crippen LogP contribution in [0.3, 0.4) is 0 Å². The minimum absolute atomic E-state index is 0.0265. The third-order valence-corrected chi connectivity index (χ3v) is 9.34. The Labute approximate surface area is 306 Å². The molecule has 3 aromatic carbocycles. The highest BCUT2D eigenvalue weighted by Crippen LogP contribution is 2.39. The van der Waals surface area contributed by atoms with E-state index in [-0.39, 0.29) is 25.4 Å². The Morgan fingerprint density at radius 3 is 2.33 bits per heavy atom. The molecule has 6 aromatic rings. The van der Waals surface area contributed by atoms with E-state index in [9.17, 15) is 9.90 Å². The molecule has 262 valence electrons. The van der Waals surface area contributed by atoms with E-state index in [0.717, 1.165) is 44.5 Å². The van der Waals surface area contributed by atoms with Crippen molar-refractivity contribution in [2.75, 3.05) is 27.3 Å². The number of ether oxygens (including phenoxy) is 3. The van der Waals surface area contributed by atoms with Crippen molar-refractivity contribution in [3.05, 3.63) is 140 Å². The van der Waals surface area contributed by atoms with Crippen molar-refractivity contribution in [1.29, 1.82) is 0 Å². The second kappa shape index (κ2) is 16.0. The van der Waals surface area contributed by atoms with Crippen LogP contribution in [0.5, 0.6) is 17.2 Å². The fourth-order valence-corrected chi connectivity index (χ4v) is 6.46. The summed E-state index contributed by atoms with van der Waals surface area (Å²) in [5, 5.41) is 10.2. The second-order valence-corrected chi connectivity index (χ2v) is 13.1. The van der Waals surface area contributed by atoms with Crippen LogP contribution < -0.4 is 19.8 Å². The normalized spacial score (nSPS) is 11.3. The summed E-state index contributed by atoms with van der Waals surface area (Å²) in [5.41, 5.74) is 9.20. The number of halogens is 2. The predicted octanol–water partition coefficient (Wildman–Crippen LogP) is 7.94. The summed E-state index contributed by atoms with van der Waals surface area (Å²) >= 11 is 12.7. The van der Waals surface area contributed by atoms with Crippen molar-refractivity contribution in [1.82, 2.24) is 19.3 Å². The van der Waals surface area contributed by atoms with Gasteiger partial charge in [-0.1, -0.05) is 59.6 Å². The first-order chi connectivity index (χ1) is 24.7. The number of hydrogen-bond acceptors (Lipinski definition) is 8. The largest absolute Gasteiger partial charge is 0.493 e. The summed E-state index contributed by atoms with van der Waals surface area (Å²) in [4.78, 5) is 23.8. The van der Waals surface area contributed by atoms with Gasteiger partial charge >= 0.3 is 0 Å². The third kappa shape index (κ3) is 8.02. The summed E-state index contributed by atoms with van der Waals surface area (Å²) in [6.07, 6.45) is 6.67. The van der Waals surface area contributed by atoms with Crippen molar-refractivity contribution in [3.63, 3.8) is 0 Å². The van der Waals surface area contributed by atoms with Gasteiger partial charge in [-0.3, -0.25) is 19.1 Å².